The van der Waals surface area contributed by atoms with E-state index in [0.29, 0.717) is 18.9 Å². The van der Waals surface area contributed by atoms with E-state index >= 15 is 0 Å². The van der Waals surface area contributed by atoms with Crippen LogP contribution in [0.15, 0.2) is 15.3 Å². The number of β-amino-alcohol motifs (C(OH)–C–C–N with tert-alkyl or cyclic N) is 1. The number of hydrogen-bond acceptors (Lipinski definition) is 5. The van der Waals surface area contributed by atoms with Gasteiger partial charge in [0.25, 0.3) is 0 Å². The molecule has 0 radical (unpaired) electrons. The van der Waals surface area contributed by atoms with Crippen molar-refractivity contribution in [2.75, 3.05) is 13.3 Å². The van der Waals surface area contributed by atoms with Crippen LogP contribution >= 0.6 is 0 Å². The monoisotopic (exact) mass is 315 g/mol. The summed E-state index contributed by atoms with van der Waals surface area (Å²) in [4.78, 5) is 14.3. The van der Waals surface area contributed by atoms with Crippen molar-refractivity contribution in [2.24, 2.45) is 0 Å². The SMILES string of the molecule is Cc1c2c(cc3c4c(c(=O)oc13)CCC4)CN(CC(C)O)CO2. The van der Waals surface area contributed by atoms with Crippen molar-refractivity contribution in [1.29, 1.82) is 0 Å². The minimum atomic E-state index is -0.385. The molecule has 0 spiro atoms. The van der Waals surface area contributed by atoms with Gasteiger partial charge in [-0.05, 0) is 44.7 Å². The van der Waals surface area contributed by atoms with Gasteiger partial charge >= 0.3 is 5.63 Å². The highest BCUT2D eigenvalue weighted by Crippen LogP contribution is 2.37. The van der Waals surface area contributed by atoms with Crippen molar-refractivity contribution in [1.82, 2.24) is 4.90 Å². The molecular weight excluding hydrogens is 294 g/mol. The molecule has 1 aliphatic heterocycles. The Bertz CT molecular complexity index is 837. The molecule has 0 saturated carbocycles. The van der Waals surface area contributed by atoms with Gasteiger partial charge in [0.15, 0.2) is 0 Å². The van der Waals surface area contributed by atoms with E-state index in [1.165, 1.54) is 0 Å². The first-order valence-electron chi connectivity index (χ1n) is 8.19. The first-order valence-corrected chi connectivity index (χ1v) is 8.19. The van der Waals surface area contributed by atoms with Gasteiger partial charge in [0.05, 0.1) is 6.10 Å². The third kappa shape index (κ3) is 2.35. The van der Waals surface area contributed by atoms with Gasteiger partial charge in [0.1, 0.15) is 18.1 Å². The summed E-state index contributed by atoms with van der Waals surface area (Å²) < 4.78 is 11.5. The molecular formula is C18H21NO4. The van der Waals surface area contributed by atoms with E-state index in [2.05, 4.69) is 11.0 Å². The molecule has 2 aromatic rings. The zero-order valence-electron chi connectivity index (χ0n) is 13.5. The quantitative estimate of drug-likeness (QED) is 0.860. The normalized spacial score (nSPS) is 18.6. The number of rotatable bonds is 2. The van der Waals surface area contributed by atoms with Crippen molar-refractivity contribution in [3.05, 3.63) is 38.7 Å². The van der Waals surface area contributed by atoms with Crippen molar-refractivity contribution in [2.45, 2.75) is 45.8 Å². The lowest BCUT2D eigenvalue weighted by atomic mass is 9.99. The molecule has 5 nitrogen and oxygen atoms in total. The van der Waals surface area contributed by atoms with Crippen LogP contribution in [0.1, 0.15) is 35.6 Å². The Morgan fingerprint density at radius 2 is 2.13 bits per heavy atom. The van der Waals surface area contributed by atoms with E-state index in [1.54, 1.807) is 6.92 Å². The Kier molecular flexibility index (Phi) is 3.43. The van der Waals surface area contributed by atoms with Gasteiger partial charge in [-0.1, -0.05) is 0 Å². The summed E-state index contributed by atoms with van der Waals surface area (Å²) in [6, 6.07) is 2.11. The van der Waals surface area contributed by atoms with Gasteiger partial charge in [-0.3, -0.25) is 4.90 Å². The Balaban J connectivity index is 1.87. The second-order valence-electron chi connectivity index (χ2n) is 6.70. The van der Waals surface area contributed by atoms with Gasteiger partial charge in [-0.25, -0.2) is 4.79 Å². The third-order valence-corrected chi connectivity index (χ3v) is 4.83. The second kappa shape index (κ2) is 5.35. The maximum atomic E-state index is 12.2. The maximum Gasteiger partial charge on any atom is 0.339 e. The summed E-state index contributed by atoms with van der Waals surface area (Å²) in [5.41, 5.74) is 4.47. The summed E-state index contributed by atoms with van der Waals surface area (Å²) in [5, 5.41) is 10.6. The van der Waals surface area contributed by atoms with Crippen LogP contribution in [0.25, 0.3) is 11.0 Å². The Hall–Kier alpha value is -1.85. The molecule has 1 unspecified atom stereocenters. The second-order valence-corrected chi connectivity index (χ2v) is 6.70. The molecule has 4 rings (SSSR count). The van der Waals surface area contributed by atoms with Crippen LogP contribution in [-0.2, 0) is 19.4 Å². The number of aliphatic hydroxyl groups excluding tert-OH is 1. The largest absolute Gasteiger partial charge is 0.477 e. The molecule has 122 valence electrons. The number of aryl methyl sites for hydroxylation is 2. The van der Waals surface area contributed by atoms with Crippen LogP contribution in [-0.4, -0.2) is 29.4 Å². The fraction of sp³-hybridized carbons (Fsp3) is 0.500. The van der Waals surface area contributed by atoms with Gasteiger partial charge in [0.2, 0.25) is 0 Å². The number of nitrogens with zero attached hydrogens (tertiary/aromatic N) is 1. The van der Waals surface area contributed by atoms with Gasteiger partial charge < -0.3 is 14.3 Å². The van der Waals surface area contributed by atoms with E-state index in [4.69, 9.17) is 9.15 Å². The molecule has 1 aromatic heterocycles. The molecule has 23 heavy (non-hydrogen) atoms. The van der Waals surface area contributed by atoms with Crippen LogP contribution in [0.5, 0.6) is 5.75 Å². The fourth-order valence-corrected chi connectivity index (χ4v) is 3.88. The summed E-state index contributed by atoms with van der Waals surface area (Å²) in [7, 11) is 0. The van der Waals surface area contributed by atoms with Crippen molar-refractivity contribution in [3.8, 4) is 5.75 Å². The minimum absolute atomic E-state index is 0.195. The molecule has 2 heterocycles. The van der Waals surface area contributed by atoms with Crippen molar-refractivity contribution in [3.63, 3.8) is 0 Å². The molecule has 1 aliphatic carbocycles. The van der Waals surface area contributed by atoms with E-state index < -0.39 is 0 Å². The predicted octanol–water partition coefficient (Wildman–Crippen LogP) is 2.12. The number of aliphatic hydroxyl groups is 1. The van der Waals surface area contributed by atoms with Gasteiger partial charge in [-0.15, -0.1) is 0 Å². The topological polar surface area (TPSA) is 62.9 Å². The van der Waals surface area contributed by atoms with Crippen LogP contribution < -0.4 is 10.4 Å². The number of fused-ring (bicyclic) bond motifs is 4. The summed E-state index contributed by atoms with van der Waals surface area (Å²) in [6.07, 6.45) is 2.38. The van der Waals surface area contributed by atoms with Crippen LogP contribution in [0, 0.1) is 6.92 Å². The average Bonchev–Trinajstić information content (AvgIpc) is 2.98. The highest BCUT2D eigenvalue weighted by molar-refractivity contribution is 5.87. The highest BCUT2D eigenvalue weighted by Gasteiger charge is 2.26. The van der Waals surface area contributed by atoms with Crippen molar-refractivity contribution >= 4 is 11.0 Å². The third-order valence-electron chi connectivity index (χ3n) is 4.83. The molecule has 1 atom stereocenters. The predicted molar refractivity (Wildman–Crippen MR) is 86.8 cm³/mol. The summed E-state index contributed by atoms with van der Waals surface area (Å²) in [5.74, 6) is 0.820. The Morgan fingerprint density at radius 3 is 2.91 bits per heavy atom. The smallest absolute Gasteiger partial charge is 0.339 e. The van der Waals surface area contributed by atoms with E-state index in [9.17, 15) is 9.90 Å². The number of ether oxygens (including phenoxy) is 1. The lowest BCUT2D eigenvalue weighted by Crippen LogP contribution is -2.37. The molecule has 2 aliphatic rings. The van der Waals surface area contributed by atoms with E-state index in [-0.39, 0.29) is 11.7 Å². The van der Waals surface area contributed by atoms with Crippen LogP contribution in [0.2, 0.25) is 0 Å². The zero-order chi connectivity index (χ0) is 16.1. The summed E-state index contributed by atoms with van der Waals surface area (Å²) >= 11 is 0. The summed E-state index contributed by atoms with van der Waals surface area (Å²) in [6.45, 7) is 5.50. The highest BCUT2D eigenvalue weighted by atomic mass is 16.5. The maximum absolute atomic E-state index is 12.2. The average molecular weight is 315 g/mol. The standard InChI is InChI=1S/C18H21NO4/c1-10(20)7-19-8-12-6-15-13-4-3-5-14(13)18(21)23-17(15)11(2)16(12)22-9-19/h6,10,20H,3-5,7-9H2,1-2H3. The minimum Gasteiger partial charge on any atom is -0.477 e. The molecule has 0 amide bonds. The molecule has 5 heteroatoms. The van der Waals surface area contributed by atoms with Gasteiger partial charge in [-0.2, -0.15) is 0 Å². The Labute approximate surface area is 134 Å². The molecule has 0 fully saturated rings. The zero-order valence-corrected chi connectivity index (χ0v) is 13.5. The van der Waals surface area contributed by atoms with Gasteiger partial charge in [0, 0.05) is 35.2 Å². The lowest BCUT2D eigenvalue weighted by molar-refractivity contribution is 0.0498. The van der Waals surface area contributed by atoms with Crippen LogP contribution in [0.4, 0.5) is 0 Å². The first kappa shape index (κ1) is 14.7. The van der Waals surface area contributed by atoms with Crippen molar-refractivity contribution < 1.29 is 14.3 Å². The number of benzene rings is 1. The molecule has 0 saturated heterocycles. The number of hydrogen-bond donors (Lipinski definition) is 1. The molecule has 1 aromatic carbocycles. The van der Waals surface area contributed by atoms with E-state index in [0.717, 1.165) is 59.2 Å². The first-order chi connectivity index (χ1) is 11.0. The van der Waals surface area contributed by atoms with Crippen LogP contribution in [0.3, 0.4) is 0 Å². The Morgan fingerprint density at radius 1 is 1.35 bits per heavy atom. The lowest BCUT2D eigenvalue weighted by Gasteiger charge is -2.31. The molecule has 1 N–H and O–H groups in total. The van der Waals surface area contributed by atoms with E-state index in [1.807, 2.05) is 6.92 Å². The fourth-order valence-electron chi connectivity index (χ4n) is 3.88. The molecule has 0 bridgehead atoms.